The van der Waals surface area contributed by atoms with Crippen LogP contribution in [0.25, 0.3) is 0 Å². The predicted molar refractivity (Wildman–Crippen MR) is 50.1 cm³/mol. The van der Waals surface area contributed by atoms with E-state index in [0.29, 0.717) is 0 Å². The molecule has 0 N–H and O–H groups in total. The molecule has 0 saturated carbocycles. The summed E-state index contributed by atoms with van der Waals surface area (Å²) in [6.45, 7) is 7.92. The second-order valence-corrected chi connectivity index (χ2v) is 1.90. The molecule has 0 heterocycles. The standard InChI is InChI=1S/C9H14.CH4/c1-4-6-7-8-9(3)5-2;/h4,6-8H,3,5H2,1-2H3;1H4/b6-4-,8-7-;. The first-order valence-electron chi connectivity index (χ1n) is 3.28. The van der Waals surface area contributed by atoms with Gasteiger partial charge in [-0.3, -0.25) is 0 Å². The van der Waals surface area contributed by atoms with Crippen LogP contribution < -0.4 is 0 Å². The number of hydrogen-bond donors (Lipinski definition) is 0. The third kappa shape index (κ3) is 7.22. The van der Waals surface area contributed by atoms with Crippen molar-refractivity contribution in [3.63, 3.8) is 0 Å². The highest BCUT2D eigenvalue weighted by Gasteiger charge is 1.76. The van der Waals surface area contributed by atoms with Crippen molar-refractivity contribution < 1.29 is 0 Å². The maximum Gasteiger partial charge on any atom is -0.0313 e. The van der Waals surface area contributed by atoms with Crippen LogP contribution in [0.2, 0.25) is 0 Å². The van der Waals surface area contributed by atoms with E-state index in [0.717, 1.165) is 6.42 Å². The van der Waals surface area contributed by atoms with Crippen molar-refractivity contribution in [3.05, 3.63) is 36.5 Å². The van der Waals surface area contributed by atoms with E-state index in [-0.39, 0.29) is 7.43 Å². The third-order valence-electron chi connectivity index (χ3n) is 1.09. The minimum atomic E-state index is 0. The second-order valence-electron chi connectivity index (χ2n) is 1.90. The molecule has 0 aliphatic heterocycles. The maximum atomic E-state index is 3.82. The van der Waals surface area contributed by atoms with Gasteiger partial charge in [0.25, 0.3) is 0 Å². The first-order chi connectivity index (χ1) is 4.31. The van der Waals surface area contributed by atoms with Crippen molar-refractivity contribution in [3.8, 4) is 0 Å². The van der Waals surface area contributed by atoms with Gasteiger partial charge in [-0.15, -0.1) is 0 Å². The van der Waals surface area contributed by atoms with E-state index < -0.39 is 0 Å². The van der Waals surface area contributed by atoms with Crippen molar-refractivity contribution in [1.82, 2.24) is 0 Å². The summed E-state index contributed by atoms with van der Waals surface area (Å²) in [5.74, 6) is 0. The summed E-state index contributed by atoms with van der Waals surface area (Å²) in [6.07, 6.45) is 9.07. The van der Waals surface area contributed by atoms with Gasteiger partial charge in [-0.1, -0.05) is 50.8 Å². The molecule has 0 aromatic heterocycles. The van der Waals surface area contributed by atoms with Crippen molar-refractivity contribution in [1.29, 1.82) is 0 Å². The van der Waals surface area contributed by atoms with Crippen LogP contribution in [0.1, 0.15) is 27.7 Å². The van der Waals surface area contributed by atoms with Crippen LogP contribution in [-0.2, 0) is 0 Å². The van der Waals surface area contributed by atoms with E-state index in [1.807, 2.05) is 31.2 Å². The number of hydrogen-bond acceptors (Lipinski definition) is 0. The number of rotatable bonds is 3. The van der Waals surface area contributed by atoms with E-state index in [4.69, 9.17) is 0 Å². The van der Waals surface area contributed by atoms with Crippen LogP contribution in [0.5, 0.6) is 0 Å². The second kappa shape index (κ2) is 8.22. The monoisotopic (exact) mass is 138 g/mol. The highest BCUT2D eigenvalue weighted by Crippen LogP contribution is 1.97. The molecule has 0 saturated heterocycles. The largest absolute Gasteiger partial charge is 0.0958 e. The maximum absolute atomic E-state index is 3.82. The Morgan fingerprint density at radius 3 is 2.40 bits per heavy atom. The van der Waals surface area contributed by atoms with Crippen molar-refractivity contribution in [2.75, 3.05) is 0 Å². The van der Waals surface area contributed by atoms with Crippen molar-refractivity contribution >= 4 is 0 Å². The highest BCUT2D eigenvalue weighted by molar-refractivity contribution is 5.18. The molecule has 0 spiro atoms. The molecule has 0 heteroatoms. The van der Waals surface area contributed by atoms with Crippen LogP contribution >= 0.6 is 0 Å². The molecule has 0 fully saturated rings. The van der Waals surface area contributed by atoms with Gasteiger partial charge in [0.2, 0.25) is 0 Å². The Hall–Kier alpha value is -0.780. The van der Waals surface area contributed by atoms with Crippen molar-refractivity contribution in [2.24, 2.45) is 0 Å². The molecule has 0 radical (unpaired) electrons. The Morgan fingerprint density at radius 1 is 1.40 bits per heavy atom. The first kappa shape index (κ1) is 12.0. The van der Waals surface area contributed by atoms with E-state index in [1.54, 1.807) is 0 Å². The first-order valence-corrected chi connectivity index (χ1v) is 3.28. The molecular formula is C10H18. The summed E-state index contributed by atoms with van der Waals surface area (Å²) in [4.78, 5) is 0. The minimum absolute atomic E-state index is 0. The summed E-state index contributed by atoms with van der Waals surface area (Å²) in [7, 11) is 0. The Morgan fingerprint density at radius 2 is 2.00 bits per heavy atom. The molecule has 0 atom stereocenters. The molecular weight excluding hydrogens is 120 g/mol. The molecule has 0 aliphatic carbocycles. The lowest BCUT2D eigenvalue weighted by Crippen LogP contribution is -1.66. The third-order valence-corrected chi connectivity index (χ3v) is 1.09. The Kier molecular flexibility index (Phi) is 9.82. The molecule has 0 amide bonds. The van der Waals surface area contributed by atoms with Crippen LogP contribution in [0.4, 0.5) is 0 Å². The molecule has 58 valence electrons. The normalized spacial score (nSPS) is 10.2. The van der Waals surface area contributed by atoms with E-state index >= 15 is 0 Å². The Bertz CT molecular complexity index is 127. The van der Waals surface area contributed by atoms with Gasteiger partial charge >= 0.3 is 0 Å². The van der Waals surface area contributed by atoms with Gasteiger partial charge in [0.15, 0.2) is 0 Å². The van der Waals surface area contributed by atoms with E-state index in [2.05, 4.69) is 13.5 Å². The van der Waals surface area contributed by atoms with Gasteiger partial charge in [-0.05, 0) is 13.3 Å². The summed E-state index contributed by atoms with van der Waals surface area (Å²) in [5, 5.41) is 0. The molecule has 10 heavy (non-hydrogen) atoms. The molecule has 0 aromatic carbocycles. The average Bonchev–Trinajstić information content (AvgIpc) is 1.89. The Balaban J connectivity index is 0. The van der Waals surface area contributed by atoms with Crippen molar-refractivity contribution in [2.45, 2.75) is 27.7 Å². The Labute approximate surface area is 65.0 Å². The SMILES string of the molecule is C.C=C(/C=C\C=C/C)CC. The molecule has 0 aromatic rings. The van der Waals surface area contributed by atoms with Gasteiger partial charge in [0.05, 0.1) is 0 Å². The smallest absolute Gasteiger partial charge is 0.0313 e. The number of allylic oxidation sites excluding steroid dienone is 5. The van der Waals surface area contributed by atoms with Crippen LogP contribution in [-0.4, -0.2) is 0 Å². The van der Waals surface area contributed by atoms with Crippen LogP contribution in [0.3, 0.4) is 0 Å². The van der Waals surface area contributed by atoms with Gasteiger partial charge < -0.3 is 0 Å². The zero-order chi connectivity index (χ0) is 7.11. The fourth-order valence-electron chi connectivity index (χ4n) is 0.421. The summed E-state index contributed by atoms with van der Waals surface area (Å²) in [5.41, 5.74) is 1.17. The molecule has 0 aliphatic rings. The fourth-order valence-corrected chi connectivity index (χ4v) is 0.421. The van der Waals surface area contributed by atoms with Crippen LogP contribution in [0.15, 0.2) is 36.5 Å². The van der Waals surface area contributed by atoms with E-state index in [9.17, 15) is 0 Å². The van der Waals surface area contributed by atoms with Gasteiger partial charge in [0, 0.05) is 0 Å². The van der Waals surface area contributed by atoms with Gasteiger partial charge in [0.1, 0.15) is 0 Å². The predicted octanol–water partition coefficient (Wildman–Crippen LogP) is 3.72. The lowest BCUT2D eigenvalue weighted by atomic mass is 10.2. The lowest BCUT2D eigenvalue weighted by molar-refractivity contribution is 1.16. The van der Waals surface area contributed by atoms with E-state index in [1.165, 1.54) is 5.57 Å². The molecule has 0 bridgehead atoms. The summed E-state index contributed by atoms with van der Waals surface area (Å²) < 4.78 is 0. The topological polar surface area (TPSA) is 0 Å². The molecule has 0 nitrogen and oxygen atoms in total. The summed E-state index contributed by atoms with van der Waals surface area (Å²) in [6, 6.07) is 0. The fraction of sp³-hybridized carbons (Fsp3) is 0.400. The molecule has 0 rings (SSSR count). The lowest BCUT2D eigenvalue weighted by Gasteiger charge is -1.86. The summed E-state index contributed by atoms with van der Waals surface area (Å²) >= 11 is 0. The zero-order valence-electron chi connectivity index (χ0n) is 6.22. The van der Waals surface area contributed by atoms with Crippen LogP contribution in [0, 0.1) is 0 Å². The molecule has 0 unspecified atom stereocenters. The quantitative estimate of drug-likeness (QED) is 0.521. The zero-order valence-corrected chi connectivity index (χ0v) is 6.22. The highest BCUT2D eigenvalue weighted by atomic mass is 13.8. The van der Waals surface area contributed by atoms with Gasteiger partial charge in [-0.25, -0.2) is 0 Å². The minimum Gasteiger partial charge on any atom is -0.0958 e. The van der Waals surface area contributed by atoms with Gasteiger partial charge in [-0.2, -0.15) is 0 Å². The average molecular weight is 138 g/mol.